The molecule has 4 heteroatoms. The van der Waals surface area contributed by atoms with Gasteiger partial charge >= 0.3 is 0 Å². The third-order valence-corrected chi connectivity index (χ3v) is 4.21. The van der Waals surface area contributed by atoms with E-state index >= 15 is 0 Å². The molecule has 0 amide bonds. The van der Waals surface area contributed by atoms with Gasteiger partial charge in [0.05, 0.1) is 16.1 Å². The highest BCUT2D eigenvalue weighted by Gasteiger charge is 2.16. The van der Waals surface area contributed by atoms with E-state index in [9.17, 15) is 0 Å². The van der Waals surface area contributed by atoms with Crippen LogP contribution >= 0.6 is 23.2 Å². The van der Waals surface area contributed by atoms with Crippen molar-refractivity contribution in [2.24, 2.45) is 0 Å². The van der Waals surface area contributed by atoms with Gasteiger partial charge in [0.1, 0.15) is 0 Å². The van der Waals surface area contributed by atoms with Gasteiger partial charge in [-0.25, -0.2) is 0 Å². The van der Waals surface area contributed by atoms with Gasteiger partial charge in [0.25, 0.3) is 0 Å². The Balaban J connectivity index is 1.90. The molecule has 2 atom stereocenters. The first kappa shape index (κ1) is 14.1. The lowest BCUT2D eigenvalue weighted by Crippen LogP contribution is -2.33. The molecule has 18 heavy (non-hydrogen) atoms. The normalized spacial score (nSPS) is 21.8. The highest BCUT2D eigenvalue weighted by Crippen LogP contribution is 2.29. The summed E-state index contributed by atoms with van der Waals surface area (Å²) in [7, 11) is 0. The first-order valence-corrected chi connectivity index (χ1v) is 7.23. The van der Waals surface area contributed by atoms with Crippen LogP contribution in [-0.4, -0.2) is 19.3 Å². The second kappa shape index (κ2) is 6.76. The molecule has 0 bridgehead atoms. The minimum Gasteiger partial charge on any atom is -0.377 e. The average molecular weight is 288 g/mol. The number of hydrogen-bond acceptors (Lipinski definition) is 2. The first-order valence-electron chi connectivity index (χ1n) is 6.47. The fourth-order valence-electron chi connectivity index (χ4n) is 2.24. The van der Waals surface area contributed by atoms with Crippen molar-refractivity contribution in [1.29, 1.82) is 0 Å². The highest BCUT2D eigenvalue weighted by atomic mass is 35.5. The summed E-state index contributed by atoms with van der Waals surface area (Å²) in [6.07, 6.45) is 3.92. The Bertz CT molecular complexity index is 391. The summed E-state index contributed by atoms with van der Waals surface area (Å²) < 4.78 is 5.70. The second-order valence-corrected chi connectivity index (χ2v) is 5.55. The molecule has 2 rings (SSSR count). The van der Waals surface area contributed by atoms with Crippen LogP contribution in [0.1, 0.15) is 37.8 Å². The molecule has 0 radical (unpaired) electrons. The lowest BCUT2D eigenvalue weighted by molar-refractivity contribution is 0.0156. The van der Waals surface area contributed by atoms with Crippen molar-refractivity contribution in [1.82, 2.24) is 5.32 Å². The molecular weight excluding hydrogens is 269 g/mol. The number of hydrogen-bond donors (Lipinski definition) is 1. The Morgan fingerprint density at radius 1 is 1.39 bits per heavy atom. The van der Waals surface area contributed by atoms with Crippen LogP contribution in [0, 0.1) is 0 Å². The summed E-state index contributed by atoms with van der Waals surface area (Å²) >= 11 is 12.2. The van der Waals surface area contributed by atoms with Gasteiger partial charge in [0, 0.05) is 19.2 Å². The van der Waals surface area contributed by atoms with E-state index in [0.29, 0.717) is 16.1 Å². The highest BCUT2D eigenvalue weighted by molar-refractivity contribution is 6.42. The van der Waals surface area contributed by atoms with Gasteiger partial charge in [0.2, 0.25) is 0 Å². The number of halogens is 2. The average Bonchev–Trinajstić information content (AvgIpc) is 2.40. The van der Waals surface area contributed by atoms with E-state index in [1.54, 1.807) is 0 Å². The molecule has 1 heterocycles. The molecule has 0 saturated carbocycles. The lowest BCUT2D eigenvalue weighted by atomic mass is 10.1. The van der Waals surface area contributed by atoms with E-state index in [-0.39, 0.29) is 6.04 Å². The first-order chi connectivity index (χ1) is 8.68. The Morgan fingerprint density at radius 2 is 2.22 bits per heavy atom. The van der Waals surface area contributed by atoms with E-state index in [1.165, 1.54) is 12.8 Å². The molecule has 0 aliphatic carbocycles. The molecule has 1 aliphatic heterocycles. The predicted octanol–water partition coefficient (Wildman–Crippen LogP) is 4.21. The van der Waals surface area contributed by atoms with Crippen molar-refractivity contribution in [2.75, 3.05) is 13.2 Å². The van der Waals surface area contributed by atoms with Gasteiger partial charge in [-0.15, -0.1) is 0 Å². The summed E-state index contributed by atoms with van der Waals surface area (Å²) in [5.74, 6) is 0. The number of rotatable bonds is 4. The molecule has 0 spiro atoms. The Morgan fingerprint density at radius 3 is 2.94 bits per heavy atom. The van der Waals surface area contributed by atoms with Crippen LogP contribution in [-0.2, 0) is 4.74 Å². The minimum atomic E-state index is 0.182. The minimum absolute atomic E-state index is 0.182. The Hall–Kier alpha value is -0.280. The van der Waals surface area contributed by atoms with Crippen LogP contribution in [0.2, 0.25) is 10.0 Å². The lowest BCUT2D eigenvalue weighted by Gasteiger charge is -2.25. The zero-order valence-electron chi connectivity index (χ0n) is 10.6. The van der Waals surface area contributed by atoms with Crippen LogP contribution in [0.25, 0.3) is 0 Å². The zero-order valence-corrected chi connectivity index (χ0v) is 12.1. The molecule has 1 N–H and O–H groups in total. The Labute approximate surface area is 119 Å². The van der Waals surface area contributed by atoms with E-state index in [0.717, 1.165) is 25.1 Å². The smallest absolute Gasteiger partial charge is 0.0699 e. The summed E-state index contributed by atoms with van der Waals surface area (Å²) in [6.45, 7) is 3.85. The van der Waals surface area contributed by atoms with Gasteiger partial charge in [-0.1, -0.05) is 35.3 Å². The van der Waals surface area contributed by atoms with Crippen LogP contribution in [0.3, 0.4) is 0 Å². The molecular formula is C14H19Cl2NO. The summed E-state index contributed by atoms with van der Waals surface area (Å²) in [4.78, 5) is 0. The Kier molecular flexibility index (Phi) is 5.31. The van der Waals surface area contributed by atoms with E-state index in [4.69, 9.17) is 27.9 Å². The number of benzene rings is 1. The fourth-order valence-corrected chi connectivity index (χ4v) is 2.71. The molecule has 1 fully saturated rings. The van der Waals surface area contributed by atoms with Crippen molar-refractivity contribution in [3.05, 3.63) is 33.8 Å². The maximum Gasteiger partial charge on any atom is 0.0699 e. The van der Waals surface area contributed by atoms with Gasteiger partial charge < -0.3 is 10.1 Å². The van der Waals surface area contributed by atoms with Gasteiger partial charge in [-0.05, 0) is 37.8 Å². The maximum absolute atomic E-state index is 6.21. The van der Waals surface area contributed by atoms with Crippen molar-refractivity contribution in [2.45, 2.75) is 38.3 Å². The molecule has 1 saturated heterocycles. The SMILES string of the molecule is CC(NCC1CCCCO1)c1cccc(Cl)c1Cl. The number of nitrogens with one attached hydrogen (secondary N) is 1. The molecule has 1 aromatic carbocycles. The number of ether oxygens (including phenoxy) is 1. The van der Waals surface area contributed by atoms with Crippen LogP contribution in [0.4, 0.5) is 0 Å². The van der Waals surface area contributed by atoms with Crippen LogP contribution < -0.4 is 5.32 Å². The predicted molar refractivity (Wildman–Crippen MR) is 76.5 cm³/mol. The summed E-state index contributed by atoms with van der Waals surface area (Å²) in [6, 6.07) is 5.93. The molecule has 2 unspecified atom stereocenters. The van der Waals surface area contributed by atoms with Crippen LogP contribution in [0.5, 0.6) is 0 Å². The molecule has 1 aliphatic rings. The largest absolute Gasteiger partial charge is 0.377 e. The molecule has 1 aromatic rings. The van der Waals surface area contributed by atoms with Gasteiger partial charge in [-0.2, -0.15) is 0 Å². The van der Waals surface area contributed by atoms with Gasteiger partial charge in [0.15, 0.2) is 0 Å². The van der Waals surface area contributed by atoms with Crippen LogP contribution in [0.15, 0.2) is 18.2 Å². The second-order valence-electron chi connectivity index (χ2n) is 4.76. The molecule has 100 valence electrons. The third-order valence-electron chi connectivity index (χ3n) is 3.37. The fraction of sp³-hybridized carbons (Fsp3) is 0.571. The van der Waals surface area contributed by atoms with E-state index < -0.39 is 0 Å². The molecule has 0 aromatic heterocycles. The topological polar surface area (TPSA) is 21.3 Å². The van der Waals surface area contributed by atoms with E-state index in [2.05, 4.69) is 12.2 Å². The molecule has 2 nitrogen and oxygen atoms in total. The standard InChI is InChI=1S/C14H19Cl2NO/c1-10(12-6-4-7-13(15)14(12)16)17-9-11-5-2-3-8-18-11/h4,6-7,10-11,17H,2-3,5,8-9H2,1H3. The van der Waals surface area contributed by atoms with Crippen molar-refractivity contribution in [3.63, 3.8) is 0 Å². The van der Waals surface area contributed by atoms with E-state index in [1.807, 2.05) is 18.2 Å². The summed E-state index contributed by atoms with van der Waals surface area (Å²) in [5, 5.41) is 4.72. The quantitative estimate of drug-likeness (QED) is 0.896. The zero-order chi connectivity index (χ0) is 13.0. The monoisotopic (exact) mass is 287 g/mol. The maximum atomic E-state index is 6.21. The van der Waals surface area contributed by atoms with Crippen molar-refractivity contribution >= 4 is 23.2 Å². The van der Waals surface area contributed by atoms with Crippen molar-refractivity contribution < 1.29 is 4.74 Å². The third kappa shape index (κ3) is 3.61. The van der Waals surface area contributed by atoms with Gasteiger partial charge in [-0.3, -0.25) is 0 Å². The van der Waals surface area contributed by atoms with Crippen molar-refractivity contribution in [3.8, 4) is 0 Å². The summed E-state index contributed by atoms with van der Waals surface area (Å²) in [5.41, 5.74) is 1.04.